The van der Waals surface area contributed by atoms with Gasteiger partial charge in [-0.2, -0.15) is 0 Å². The van der Waals surface area contributed by atoms with Crippen LogP contribution in [0.15, 0.2) is 54.6 Å². The van der Waals surface area contributed by atoms with Crippen LogP contribution in [-0.2, 0) is 14.3 Å². The molecule has 0 aliphatic rings. The normalized spacial score (nSPS) is 10.8. The standard InChI is InChI=1S/C20H20ClNO6.Na.H/c1-14(26-19(24)15-6-3-2-4-7-15)27-20(25)22-13-5-8-18(23)28-17-11-9-16(21)10-12-17;;/h2-4,6-7,9-12,14H,5,8,13H2,1H3,(H,22,25);;/q;+1;-1. The van der Waals surface area contributed by atoms with E-state index < -0.39 is 24.3 Å². The summed E-state index contributed by atoms with van der Waals surface area (Å²) in [5.41, 5.74) is 0.359. The second kappa shape index (κ2) is 13.2. The molecule has 9 heteroatoms. The van der Waals surface area contributed by atoms with E-state index in [9.17, 15) is 14.4 Å². The van der Waals surface area contributed by atoms with Gasteiger partial charge in [-0.3, -0.25) is 4.79 Å². The first-order chi connectivity index (χ1) is 13.4. The summed E-state index contributed by atoms with van der Waals surface area (Å²) in [6, 6.07) is 14.8. The van der Waals surface area contributed by atoms with Crippen molar-refractivity contribution in [2.24, 2.45) is 0 Å². The monoisotopic (exact) mass is 429 g/mol. The van der Waals surface area contributed by atoms with E-state index >= 15 is 0 Å². The molecule has 0 heterocycles. The summed E-state index contributed by atoms with van der Waals surface area (Å²) in [5, 5.41) is 3.02. The number of carbonyl (C=O) groups excluding carboxylic acids is 3. The van der Waals surface area contributed by atoms with Crippen molar-refractivity contribution in [2.45, 2.75) is 26.1 Å². The molecular weight excluding hydrogens is 409 g/mol. The summed E-state index contributed by atoms with van der Waals surface area (Å²) in [7, 11) is 0. The SMILES string of the molecule is CC(OC(=O)NCCCC(=O)Oc1ccc(Cl)cc1)OC(=O)c1ccccc1.[H-].[Na+]. The molecule has 2 aromatic carbocycles. The minimum Gasteiger partial charge on any atom is -1.00 e. The zero-order chi connectivity index (χ0) is 20.4. The Balaban J connectivity index is 0.00000420. The molecule has 1 amide bonds. The average molecular weight is 430 g/mol. The molecule has 2 aromatic rings. The van der Waals surface area contributed by atoms with Gasteiger partial charge in [0, 0.05) is 24.9 Å². The first-order valence-electron chi connectivity index (χ1n) is 8.61. The molecular formula is C20H21ClNNaO6. The van der Waals surface area contributed by atoms with E-state index in [1.807, 2.05) is 0 Å². The van der Waals surface area contributed by atoms with Crippen molar-refractivity contribution in [2.75, 3.05) is 6.54 Å². The van der Waals surface area contributed by atoms with Gasteiger partial charge in [0.05, 0.1) is 5.56 Å². The van der Waals surface area contributed by atoms with Crippen molar-refractivity contribution < 1.29 is 59.6 Å². The van der Waals surface area contributed by atoms with Crippen LogP contribution in [0.25, 0.3) is 0 Å². The maximum Gasteiger partial charge on any atom is 1.00 e. The van der Waals surface area contributed by atoms with Crippen LogP contribution in [-0.4, -0.2) is 30.9 Å². The summed E-state index contributed by atoms with van der Waals surface area (Å²) in [4.78, 5) is 35.3. The molecule has 0 aliphatic carbocycles. The second-order valence-electron chi connectivity index (χ2n) is 5.70. The maximum absolute atomic E-state index is 11.8. The number of carbonyl (C=O) groups is 3. The van der Waals surface area contributed by atoms with Crippen LogP contribution < -0.4 is 39.6 Å². The predicted molar refractivity (Wildman–Crippen MR) is 103 cm³/mol. The van der Waals surface area contributed by atoms with Crippen LogP contribution in [0, 0.1) is 0 Å². The van der Waals surface area contributed by atoms with Gasteiger partial charge in [0.15, 0.2) is 0 Å². The van der Waals surface area contributed by atoms with Crippen molar-refractivity contribution in [3.05, 3.63) is 65.2 Å². The van der Waals surface area contributed by atoms with E-state index in [4.69, 9.17) is 25.8 Å². The Morgan fingerprint density at radius 1 is 1.03 bits per heavy atom. The maximum atomic E-state index is 11.8. The zero-order valence-electron chi connectivity index (χ0n) is 17.2. The molecule has 0 spiro atoms. The van der Waals surface area contributed by atoms with Crippen molar-refractivity contribution in [3.63, 3.8) is 0 Å². The number of esters is 2. The summed E-state index contributed by atoms with van der Waals surface area (Å²) in [6.07, 6.45) is -1.33. The Labute approximate surface area is 197 Å². The van der Waals surface area contributed by atoms with Crippen molar-refractivity contribution in [1.82, 2.24) is 5.32 Å². The fourth-order valence-corrected chi connectivity index (χ4v) is 2.24. The number of rotatable bonds is 8. The Morgan fingerprint density at radius 3 is 2.34 bits per heavy atom. The minimum absolute atomic E-state index is 0. The number of benzene rings is 2. The number of nitrogens with one attached hydrogen (secondary N) is 1. The third-order valence-electron chi connectivity index (χ3n) is 3.43. The Kier molecular flexibility index (Phi) is 11.4. The number of hydrogen-bond acceptors (Lipinski definition) is 6. The first-order valence-corrected chi connectivity index (χ1v) is 8.98. The summed E-state index contributed by atoms with van der Waals surface area (Å²) in [5.74, 6) is -0.621. The Morgan fingerprint density at radius 2 is 1.69 bits per heavy atom. The molecule has 0 saturated heterocycles. The van der Waals surface area contributed by atoms with Gasteiger partial charge in [0.2, 0.25) is 6.29 Å². The number of hydrogen-bond donors (Lipinski definition) is 1. The van der Waals surface area contributed by atoms with Crippen molar-refractivity contribution >= 4 is 29.6 Å². The third-order valence-corrected chi connectivity index (χ3v) is 3.68. The Hall–Kier alpha value is -2.06. The summed E-state index contributed by atoms with van der Waals surface area (Å²) < 4.78 is 15.1. The average Bonchev–Trinajstić information content (AvgIpc) is 2.67. The topological polar surface area (TPSA) is 90.9 Å². The van der Waals surface area contributed by atoms with E-state index in [1.165, 1.54) is 6.92 Å². The molecule has 0 bridgehead atoms. The van der Waals surface area contributed by atoms with Gasteiger partial charge >= 0.3 is 47.6 Å². The second-order valence-corrected chi connectivity index (χ2v) is 6.14. The van der Waals surface area contributed by atoms with Crippen molar-refractivity contribution in [1.29, 1.82) is 0 Å². The molecule has 1 N–H and O–H groups in total. The molecule has 7 nitrogen and oxygen atoms in total. The molecule has 1 unspecified atom stereocenters. The van der Waals surface area contributed by atoms with Gasteiger partial charge in [-0.25, -0.2) is 9.59 Å². The van der Waals surface area contributed by atoms with E-state index in [0.717, 1.165) is 0 Å². The Bertz CT molecular complexity index is 807. The van der Waals surface area contributed by atoms with Crippen LogP contribution in [0.3, 0.4) is 0 Å². The molecule has 29 heavy (non-hydrogen) atoms. The molecule has 0 saturated carbocycles. The van der Waals surface area contributed by atoms with Gasteiger partial charge in [-0.1, -0.05) is 29.8 Å². The number of alkyl carbamates (subject to hydrolysis) is 1. The van der Waals surface area contributed by atoms with Gasteiger partial charge in [-0.05, 0) is 42.8 Å². The summed E-state index contributed by atoms with van der Waals surface area (Å²) in [6.45, 7) is 1.64. The molecule has 0 aliphatic heterocycles. The molecule has 150 valence electrons. The molecule has 0 radical (unpaired) electrons. The molecule has 0 fully saturated rings. The van der Waals surface area contributed by atoms with Gasteiger partial charge in [0.1, 0.15) is 5.75 Å². The zero-order valence-corrected chi connectivity index (χ0v) is 19.0. The van der Waals surface area contributed by atoms with Crippen LogP contribution >= 0.6 is 11.6 Å². The molecule has 1 atom stereocenters. The van der Waals surface area contributed by atoms with E-state index in [1.54, 1.807) is 54.6 Å². The molecule has 0 aromatic heterocycles. The van der Waals surface area contributed by atoms with Crippen molar-refractivity contribution in [3.8, 4) is 5.75 Å². The quantitative estimate of drug-likeness (QED) is 0.222. The largest absolute Gasteiger partial charge is 1.00 e. The van der Waals surface area contributed by atoms with E-state index in [0.29, 0.717) is 22.8 Å². The number of amides is 1. The minimum atomic E-state index is -1.05. The third kappa shape index (κ3) is 9.80. The smallest absolute Gasteiger partial charge is 1.00 e. The molecule has 2 rings (SSSR count). The van der Waals surface area contributed by atoms with Gasteiger partial charge in [-0.15, -0.1) is 0 Å². The van der Waals surface area contributed by atoms with Crippen LogP contribution in [0.5, 0.6) is 5.75 Å². The summed E-state index contributed by atoms with van der Waals surface area (Å²) >= 11 is 5.75. The van der Waals surface area contributed by atoms with Gasteiger partial charge < -0.3 is 21.0 Å². The fourth-order valence-electron chi connectivity index (χ4n) is 2.12. The van der Waals surface area contributed by atoms with E-state index in [2.05, 4.69) is 5.32 Å². The van der Waals surface area contributed by atoms with Gasteiger partial charge in [0.25, 0.3) is 0 Å². The van der Waals surface area contributed by atoms with Crippen LogP contribution in [0.1, 0.15) is 31.6 Å². The number of halogens is 1. The van der Waals surface area contributed by atoms with Crippen LogP contribution in [0.2, 0.25) is 5.02 Å². The van der Waals surface area contributed by atoms with Crippen LogP contribution in [0.4, 0.5) is 4.79 Å². The number of ether oxygens (including phenoxy) is 3. The van der Waals surface area contributed by atoms with E-state index in [-0.39, 0.29) is 43.9 Å². The predicted octanol–water partition coefficient (Wildman–Crippen LogP) is 1.07. The first kappa shape index (κ1) is 25.0. The fraction of sp³-hybridized carbons (Fsp3) is 0.250.